The Labute approximate surface area is 154 Å². The van der Waals surface area contributed by atoms with E-state index in [9.17, 15) is 18.5 Å². The van der Waals surface area contributed by atoms with Crippen molar-refractivity contribution in [2.24, 2.45) is 0 Å². The first-order valence-corrected chi connectivity index (χ1v) is 8.86. The highest BCUT2D eigenvalue weighted by Gasteiger charge is 2.22. The second-order valence-corrected chi connectivity index (χ2v) is 6.98. The van der Waals surface area contributed by atoms with Crippen LogP contribution in [0.5, 0.6) is 17.2 Å². The molecule has 0 radical (unpaired) electrons. The number of hydrogen-bond donors (Lipinski definition) is 1. The highest BCUT2D eigenvalue weighted by atomic mass is 35.5. The van der Waals surface area contributed by atoms with Crippen LogP contribution in [0.4, 0.5) is 11.4 Å². The molecule has 9 nitrogen and oxygen atoms in total. The van der Waals surface area contributed by atoms with Crippen molar-refractivity contribution in [3.05, 3.63) is 45.5 Å². The quantitative estimate of drug-likeness (QED) is 0.558. The lowest BCUT2D eigenvalue weighted by molar-refractivity contribution is -0.384. The lowest BCUT2D eigenvalue weighted by Crippen LogP contribution is -2.13. The number of anilines is 1. The van der Waals surface area contributed by atoms with Crippen molar-refractivity contribution < 1.29 is 27.6 Å². The second kappa shape index (κ2) is 7.67. The number of benzene rings is 2. The molecular formula is C15H15ClN2O7S. The van der Waals surface area contributed by atoms with Crippen molar-refractivity contribution in [2.75, 3.05) is 26.1 Å². The molecule has 0 spiro atoms. The molecule has 2 rings (SSSR count). The number of nitrogens with zero attached hydrogens (tertiary/aromatic N) is 1. The number of rotatable bonds is 7. The minimum atomic E-state index is -4.12. The summed E-state index contributed by atoms with van der Waals surface area (Å²) in [6.45, 7) is 0. The predicted octanol–water partition coefficient (Wildman–Crippen LogP) is 3.07. The lowest BCUT2D eigenvalue weighted by atomic mass is 10.2. The highest BCUT2D eigenvalue weighted by molar-refractivity contribution is 7.92. The minimum Gasteiger partial charge on any atom is -0.493 e. The van der Waals surface area contributed by atoms with Crippen LogP contribution in [0.2, 0.25) is 5.02 Å². The molecule has 0 amide bonds. The standard InChI is InChI=1S/C15H15ClN2O7S/c1-23-13-6-9(7-14(24-2)15(13)25-3)17-26(21,22)10-4-5-11(16)12(8-10)18(19)20/h4-8,17H,1-3H3. The van der Waals surface area contributed by atoms with Crippen molar-refractivity contribution in [1.82, 2.24) is 0 Å². The number of sulfonamides is 1. The maximum atomic E-state index is 12.6. The fourth-order valence-corrected chi connectivity index (χ4v) is 3.40. The molecule has 0 heterocycles. The zero-order chi connectivity index (χ0) is 19.5. The van der Waals surface area contributed by atoms with Crippen molar-refractivity contribution in [3.63, 3.8) is 0 Å². The van der Waals surface area contributed by atoms with E-state index < -0.39 is 20.6 Å². The van der Waals surface area contributed by atoms with Crippen LogP contribution in [0.15, 0.2) is 35.2 Å². The molecule has 0 aliphatic carbocycles. The van der Waals surface area contributed by atoms with Gasteiger partial charge in [0.2, 0.25) is 5.75 Å². The van der Waals surface area contributed by atoms with Gasteiger partial charge in [0.05, 0.1) is 36.8 Å². The fourth-order valence-electron chi connectivity index (χ4n) is 2.15. The third-order valence-electron chi connectivity index (χ3n) is 3.34. The summed E-state index contributed by atoms with van der Waals surface area (Å²) in [6.07, 6.45) is 0. The summed E-state index contributed by atoms with van der Waals surface area (Å²) in [7, 11) is 0.0672. The van der Waals surface area contributed by atoms with Gasteiger partial charge in [0.1, 0.15) is 5.02 Å². The smallest absolute Gasteiger partial charge is 0.289 e. The average molecular weight is 403 g/mol. The maximum Gasteiger partial charge on any atom is 0.289 e. The van der Waals surface area contributed by atoms with Gasteiger partial charge in [-0.25, -0.2) is 8.42 Å². The summed E-state index contributed by atoms with van der Waals surface area (Å²) >= 11 is 5.71. The van der Waals surface area contributed by atoms with E-state index in [1.54, 1.807) is 0 Å². The molecule has 1 N–H and O–H groups in total. The Kier molecular flexibility index (Phi) is 5.78. The molecule has 0 saturated heterocycles. The predicted molar refractivity (Wildman–Crippen MR) is 95.0 cm³/mol. The van der Waals surface area contributed by atoms with Crippen LogP contribution in [-0.4, -0.2) is 34.7 Å². The van der Waals surface area contributed by atoms with E-state index in [1.807, 2.05) is 0 Å². The molecule has 0 unspecified atom stereocenters. The van der Waals surface area contributed by atoms with Crippen LogP contribution in [0.25, 0.3) is 0 Å². The summed E-state index contributed by atoms with van der Waals surface area (Å²) in [5, 5.41) is 10.8. The van der Waals surface area contributed by atoms with Crippen molar-refractivity contribution >= 4 is 33.0 Å². The summed E-state index contributed by atoms with van der Waals surface area (Å²) in [5.41, 5.74) is -0.392. The number of hydrogen-bond acceptors (Lipinski definition) is 7. The van der Waals surface area contributed by atoms with E-state index in [-0.39, 0.29) is 27.1 Å². The average Bonchev–Trinajstić information content (AvgIpc) is 2.60. The fraction of sp³-hybridized carbons (Fsp3) is 0.200. The van der Waals surface area contributed by atoms with Crippen LogP contribution in [0.3, 0.4) is 0 Å². The Balaban J connectivity index is 2.47. The van der Waals surface area contributed by atoms with E-state index in [0.717, 1.165) is 18.2 Å². The SMILES string of the molecule is COc1cc(NS(=O)(=O)c2ccc(Cl)c([N+](=O)[O-])c2)cc(OC)c1OC. The van der Waals surface area contributed by atoms with Crippen LogP contribution in [0.1, 0.15) is 0 Å². The zero-order valence-corrected chi connectivity index (χ0v) is 15.6. The third-order valence-corrected chi connectivity index (χ3v) is 5.04. The molecule has 0 aliphatic rings. The molecular weight excluding hydrogens is 388 g/mol. The lowest BCUT2D eigenvalue weighted by Gasteiger charge is -2.15. The number of nitrogens with one attached hydrogen (secondary N) is 1. The summed E-state index contributed by atoms with van der Waals surface area (Å²) in [4.78, 5) is 9.88. The molecule has 0 fully saturated rings. The van der Waals surface area contributed by atoms with Gasteiger partial charge < -0.3 is 14.2 Å². The Bertz CT molecular complexity index is 922. The topological polar surface area (TPSA) is 117 Å². The first-order chi connectivity index (χ1) is 12.2. The van der Waals surface area contributed by atoms with Crippen LogP contribution >= 0.6 is 11.6 Å². The Morgan fingerprint density at radius 2 is 1.62 bits per heavy atom. The van der Waals surface area contributed by atoms with Gasteiger partial charge in [-0.2, -0.15) is 0 Å². The zero-order valence-electron chi connectivity index (χ0n) is 14.0. The number of nitro benzene ring substituents is 1. The van der Waals surface area contributed by atoms with Gasteiger partial charge in [0.15, 0.2) is 11.5 Å². The molecule has 2 aromatic carbocycles. The summed E-state index contributed by atoms with van der Waals surface area (Å²) < 4.78 is 42.9. The number of halogens is 1. The molecule has 2 aromatic rings. The largest absolute Gasteiger partial charge is 0.493 e. The van der Waals surface area contributed by atoms with Crippen molar-refractivity contribution in [3.8, 4) is 17.2 Å². The van der Waals surface area contributed by atoms with Crippen molar-refractivity contribution in [2.45, 2.75) is 4.90 Å². The van der Waals surface area contributed by atoms with Gasteiger partial charge in [-0.15, -0.1) is 0 Å². The number of methoxy groups -OCH3 is 3. The number of nitro groups is 1. The van der Waals surface area contributed by atoms with Crippen LogP contribution < -0.4 is 18.9 Å². The van der Waals surface area contributed by atoms with Gasteiger partial charge in [-0.3, -0.25) is 14.8 Å². The second-order valence-electron chi connectivity index (χ2n) is 4.89. The Hall–Kier alpha value is -2.72. The summed E-state index contributed by atoms with van der Waals surface area (Å²) in [6, 6.07) is 5.97. The summed E-state index contributed by atoms with van der Waals surface area (Å²) in [5.74, 6) is 0.776. The third kappa shape index (κ3) is 3.92. The molecule has 11 heteroatoms. The van der Waals surface area contributed by atoms with Gasteiger partial charge >= 0.3 is 0 Å². The van der Waals surface area contributed by atoms with E-state index >= 15 is 0 Å². The molecule has 0 saturated carbocycles. The first-order valence-electron chi connectivity index (χ1n) is 7.00. The normalized spacial score (nSPS) is 10.9. The monoisotopic (exact) mass is 402 g/mol. The number of ether oxygens (including phenoxy) is 3. The van der Waals surface area contributed by atoms with Crippen LogP contribution in [0, 0.1) is 10.1 Å². The van der Waals surface area contributed by atoms with E-state index in [0.29, 0.717) is 5.75 Å². The van der Waals surface area contributed by atoms with Crippen LogP contribution in [-0.2, 0) is 10.0 Å². The Morgan fingerprint density at radius 3 is 2.08 bits per heavy atom. The molecule has 0 aromatic heterocycles. The van der Waals surface area contributed by atoms with E-state index in [2.05, 4.69) is 4.72 Å². The van der Waals surface area contributed by atoms with Gasteiger partial charge in [-0.1, -0.05) is 11.6 Å². The van der Waals surface area contributed by atoms with E-state index in [4.69, 9.17) is 25.8 Å². The Morgan fingerprint density at radius 1 is 1.04 bits per heavy atom. The van der Waals surface area contributed by atoms with Crippen molar-refractivity contribution in [1.29, 1.82) is 0 Å². The maximum absolute atomic E-state index is 12.6. The molecule has 0 bridgehead atoms. The highest BCUT2D eigenvalue weighted by Crippen LogP contribution is 2.40. The van der Waals surface area contributed by atoms with Gasteiger partial charge in [-0.05, 0) is 12.1 Å². The molecule has 0 aliphatic heterocycles. The molecule has 0 atom stereocenters. The minimum absolute atomic E-state index is 0.122. The van der Waals surface area contributed by atoms with Gasteiger partial charge in [0, 0.05) is 18.2 Å². The van der Waals surface area contributed by atoms with E-state index in [1.165, 1.54) is 33.5 Å². The first kappa shape index (κ1) is 19.6. The van der Waals surface area contributed by atoms with Gasteiger partial charge in [0.25, 0.3) is 15.7 Å². The molecule has 140 valence electrons. The molecule has 26 heavy (non-hydrogen) atoms.